The lowest BCUT2D eigenvalue weighted by molar-refractivity contribution is -0.384. The van der Waals surface area contributed by atoms with Gasteiger partial charge in [0.1, 0.15) is 24.7 Å². The molecule has 2 aromatic carbocycles. The maximum atomic E-state index is 10.5. The van der Waals surface area contributed by atoms with Gasteiger partial charge in [-0.1, -0.05) is 23.2 Å². The summed E-state index contributed by atoms with van der Waals surface area (Å²) in [7, 11) is 0. The minimum atomic E-state index is -0.463. The number of hydrogen-bond acceptors (Lipinski definition) is 4. The van der Waals surface area contributed by atoms with Crippen LogP contribution in [0, 0.1) is 10.1 Å². The number of ether oxygens (including phenoxy) is 2. The highest BCUT2D eigenvalue weighted by Gasteiger charge is 2.05. The molecule has 0 amide bonds. The molecule has 0 radical (unpaired) electrons. The molecule has 21 heavy (non-hydrogen) atoms. The molecular weight excluding hydrogens is 317 g/mol. The summed E-state index contributed by atoms with van der Waals surface area (Å²) in [5.74, 6) is 1.06. The average Bonchev–Trinajstić information content (AvgIpc) is 2.46. The van der Waals surface area contributed by atoms with Crippen molar-refractivity contribution >= 4 is 28.9 Å². The fraction of sp³-hybridized carbons (Fsp3) is 0.143. The van der Waals surface area contributed by atoms with Crippen molar-refractivity contribution in [1.82, 2.24) is 0 Å². The van der Waals surface area contributed by atoms with Crippen molar-refractivity contribution in [3.63, 3.8) is 0 Å². The first-order valence-electron chi connectivity index (χ1n) is 6.01. The molecule has 0 N–H and O–H groups in total. The molecule has 2 rings (SSSR count). The van der Waals surface area contributed by atoms with Crippen molar-refractivity contribution in [2.24, 2.45) is 0 Å². The molecule has 110 valence electrons. The van der Waals surface area contributed by atoms with E-state index in [0.29, 0.717) is 28.2 Å². The van der Waals surface area contributed by atoms with Crippen LogP contribution in [0.3, 0.4) is 0 Å². The monoisotopic (exact) mass is 327 g/mol. The third kappa shape index (κ3) is 4.51. The van der Waals surface area contributed by atoms with Gasteiger partial charge in [-0.3, -0.25) is 10.1 Å². The van der Waals surface area contributed by atoms with E-state index in [4.69, 9.17) is 32.7 Å². The van der Waals surface area contributed by atoms with Gasteiger partial charge in [0.2, 0.25) is 0 Å². The quantitative estimate of drug-likeness (QED) is 0.449. The molecule has 0 spiro atoms. The number of hydrogen-bond donors (Lipinski definition) is 0. The second-order valence-corrected chi connectivity index (χ2v) is 4.87. The standard InChI is InChI=1S/C14H11Cl2NO4/c15-10-1-6-14(13(16)9-10)21-8-7-20-12-4-2-11(3-5-12)17(18)19/h1-6,9H,7-8H2. The van der Waals surface area contributed by atoms with Crippen LogP contribution in [-0.2, 0) is 0 Å². The van der Waals surface area contributed by atoms with E-state index in [-0.39, 0.29) is 12.3 Å². The number of nitro groups is 1. The number of nitrogens with zero attached hydrogens (tertiary/aromatic N) is 1. The van der Waals surface area contributed by atoms with Crippen LogP contribution < -0.4 is 9.47 Å². The summed E-state index contributed by atoms with van der Waals surface area (Å²) in [6.07, 6.45) is 0. The van der Waals surface area contributed by atoms with Crippen LogP contribution in [0.2, 0.25) is 10.0 Å². The molecule has 0 saturated carbocycles. The zero-order chi connectivity index (χ0) is 15.2. The van der Waals surface area contributed by atoms with Gasteiger partial charge in [-0.25, -0.2) is 0 Å². The lowest BCUT2D eigenvalue weighted by atomic mass is 10.3. The van der Waals surface area contributed by atoms with Gasteiger partial charge < -0.3 is 9.47 Å². The Morgan fingerprint density at radius 3 is 2.29 bits per heavy atom. The highest BCUT2D eigenvalue weighted by Crippen LogP contribution is 2.27. The average molecular weight is 328 g/mol. The number of benzene rings is 2. The Morgan fingerprint density at radius 1 is 1.00 bits per heavy atom. The fourth-order valence-electron chi connectivity index (χ4n) is 1.57. The molecule has 2 aromatic rings. The molecule has 0 bridgehead atoms. The van der Waals surface area contributed by atoms with Gasteiger partial charge in [0.05, 0.1) is 9.95 Å². The molecule has 0 aliphatic carbocycles. The van der Waals surface area contributed by atoms with Gasteiger partial charge in [-0.05, 0) is 30.3 Å². The zero-order valence-corrected chi connectivity index (χ0v) is 12.3. The van der Waals surface area contributed by atoms with E-state index in [9.17, 15) is 10.1 Å². The van der Waals surface area contributed by atoms with Crippen molar-refractivity contribution < 1.29 is 14.4 Å². The second-order valence-electron chi connectivity index (χ2n) is 4.02. The molecule has 0 aliphatic heterocycles. The molecule has 0 aromatic heterocycles. The third-order valence-corrected chi connectivity index (χ3v) is 3.08. The molecule has 0 heterocycles. The highest BCUT2D eigenvalue weighted by atomic mass is 35.5. The summed E-state index contributed by atoms with van der Waals surface area (Å²) < 4.78 is 10.9. The molecular formula is C14H11Cl2NO4. The van der Waals surface area contributed by atoms with Gasteiger partial charge in [-0.15, -0.1) is 0 Å². The van der Waals surface area contributed by atoms with Crippen molar-refractivity contribution in [2.75, 3.05) is 13.2 Å². The number of non-ortho nitro benzene ring substituents is 1. The van der Waals surface area contributed by atoms with Crippen molar-refractivity contribution in [1.29, 1.82) is 0 Å². The molecule has 5 nitrogen and oxygen atoms in total. The molecule has 0 saturated heterocycles. The van der Waals surface area contributed by atoms with Crippen LogP contribution in [0.5, 0.6) is 11.5 Å². The SMILES string of the molecule is O=[N+]([O-])c1ccc(OCCOc2ccc(Cl)cc2Cl)cc1. The van der Waals surface area contributed by atoms with Gasteiger partial charge >= 0.3 is 0 Å². The van der Waals surface area contributed by atoms with E-state index in [2.05, 4.69) is 0 Å². The van der Waals surface area contributed by atoms with E-state index < -0.39 is 4.92 Å². The zero-order valence-electron chi connectivity index (χ0n) is 10.8. The Bertz CT molecular complexity index is 631. The normalized spacial score (nSPS) is 10.2. The van der Waals surface area contributed by atoms with Crippen LogP contribution in [0.15, 0.2) is 42.5 Å². The Morgan fingerprint density at radius 2 is 1.67 bits per heavy atom. The van der Waals surface area contributed by atoms with Gasteiger partial charge in [-0.2, -0.15) is 0 Å². The van der Waals surface area contributed by atoms with Crippen molar-refractivity contribution in [2.45, 2.75) is 0 Å². The smallest absolute Gasteiger partial charge is 0.269 e. The van der Waals surface area contributed by atoms with Crippen LogP contribution in [0.1, 0.15) is 0 Å². The van der Waals surface area contributed by atoms with Gasteiger partial charge in [0.15, 0.2) is 0 Å². The van der Waals surface area contributed by atoms with Gasteiger partial charge in [0, 0.05) is 17.2 Å². The third-order valence-electron chi connectivity index (χ3n) is 2.55. The first kappa shape index (κ1) is 15.4. The first-order chi connectivity index (χ1) is 10.1. The van der Waals surface area contributed by atoms with Crippen molar-refractivity contribution in [3.05, 3.63) is 62.6 Å². The minimum Gasteiger partial charge on any atom is -0.490 e. The van der Waals surface area contributed by atoms with Crippen LogP contribution in [0.4, 0.5) is 5.69 Å². The van der Waals surface area contributed by atoms with Crippen LogP contribution in [0.25, 0.3) is 0 Å². The highest BCUT2D eigenvalue weighted by molar-refractivity contribution is 6.35. The first-order valence-corrected chi connectivity index (χ1v) is 6.77. The Balaban J connectivity index is 1.80. The molecule has 0 aliphatic rings. The summed E-state index contributed by atoms with van der Waals surface area (Å²) in [6, 6.07) is 10.8. The van der Waals surface area contributed by atoms with Gasteiger partial charge in [0.25, 0.3) is 5.69 Å². The van der Waals surface area contributed by atoms with E-state index >= 15 is 0 Å². The van der Waals surface area contributed by atoms with E-state index in [1.165, 1.54) is 24.3 Å². The minimum absolute atomic E-state index is 0.0200. The van der Waals surface area contributed by atoms with Crippen LogP contribution >= 0.6 is 23.2 Å². The fourth-order valence-corrected chi connectivity index (χ4v) is 2.03. The lowest BCUT2D eigenvalue weighted by Crippen LogP contribution is -2.09. The summed E-state index contributed by atoms with van der Waals surface area (Å²) in [5.41, 5.74) is 0.0200. The van der Waals surface area contributed by atoms with E-state index in [1.54, 1.807) is 18.2 Å². The van der Waals surface area contributed by atoms with Crippen LogP contribution in [-0.4, -0.2) is 18.1 Å². The Labute approximate surface area is 131 Å². The number of halogens is 2. The molecule has 0 unspecified atom stereocenters. The van der Waals surface area contributed by atoms with E-state index in [1.807, 2.05) is 0 Å². The topological polar surface area (TPSA) is 61.6 Å². The largest absolute Gasteiger partial charge is 0.490 e. The summed E-state index contributed by atoms with van der Waals surface area (Å²) in [5, 5.41) is 11.5. The summed E-state index contributed by atoms with van der Waals surface area (Å²) >= 11 is 11.7. The number of nitro benzene ring substituents is 1. The maximum Gasteiger partial charge on any atom is 0.269 e. The number of rotatable bonds is 6. The maximum absolute atomic E-state index is 10.5. The lowest BCUT2D eigenvalue weighted by Gasteiger charge is -2.09. The Kier molecular flexibility index (Phi) is 5.25. The summed E-state index contributed by atoms with van der Waals surface area (Å²) in [4.78, 5) is 10.0. The predicted molar refractivity (Wildman–Crippen MR) is 80.5 cm³/mol. The van der Waals surface area contributed by atoms with E-state index in [0.717, 1.165) is 0 Å². The second kappa shape index (κ2) is 7.15. The molecule has 0 fully saturated rings. The Hall–Kier alpha value is -1.98. The predicted octanol–water partition coefficient (Wildman–Crippen LogP) is 4.36. The molecule has 0 atom stereocenters. The summed E-state index contributed by atoms with van der Waals surface area (Å²) in [6.45, 7) is 0.578. The molecule has 7 heteroatoms. The van der Waals surface area contributed by atoms with Crippen molar-refractivity contribution in [3.8, 4) is 11.5 Å².